The summed E-state index contributed by atoms with van der Waals surface area (Å²) in [5, 5.41) is 3.03. The summed E-state index contributed by atoms with van der Waals surface area (Å²) in [6, 6.07) is 4.59. The number of nitrogens with zero attached hydrogens (tertiary/aromatic N) is 2. The fourth-order valence-electron chi connectivity index (χ4n) is 1.84. The Bertz CT molecular complexity index is 649. The normalized spacial score (nSPS) is 11.4. The lowest BCUT2D eigenvalue weighted by atomic mass is 10.3. The molecule has 1 rings (SSSR count). The summed E-state index contributed by atoms with van der Waals surface area (Å²) < 4.78 is 30.3. The van der Waals surface area contributed by atoms with Crippen molar-refractivity contribution < 1.29 is 17.9 Å². The van der Waals surface area contributed by atoms with Crippen LogP contribution in [0.2, 0.25) is 5.02 Å². The summed E-state index contributed by atoms with van der Waals surface area (Å²) in [6.07, 6.45) is 1.03. The van der Waals surface area contributed by atoms with Crippen molar-refractivity contribution in [3.8, 4) is 5.75 Å². The molecule has 23 heavy (non-hydrogen) atoms. The van der Waals surface area contributed by atoms with Gasteiger partial charge in [0.1, 0.15) is 12.3 Å². The minimum absolute atomic E-state index is 0.227. The van der Waals surface area contributed by atoms with E-state index in [1.807, 2.05) is 19.0 Å². The number of benzene rings is 1. The predicted octanol–water partition coefficient (Wildman–Crippen LogP) is 0.792. The van der Waals surface area contributed by atoms with Crippen LogP contribution in [0.4, 0.5) is 5.69 Å². The van der Waals surface area contributed by atoms with Crippen LogP contribution in [0.15, 0.2) is 18.2 Å². The maximum absolute atomic E-state index is 12.1. The molecule has 1 amide bonds. The molecule has 0 unspecified atom stereocenters. The highest BCUT2D eigenvalue weighted by Gasteiger charge is 2.24. The topological polar surface area (TPSA) is 79.0 Å². The third-order valence-corrected chi connectivity index (χ3v) is 4.34. The molecule has 0 aliphatic carbocycles. The molecule has 1 N–H and O–H groups in total. The summed E-state index contributed by atoms with van der Waals surface area (Å²) >= 11 is 5.94. The van der Waals surface area contributed by atoms with E-state index in [1.54, 1.807) is 12.1 Å². The zero-order chi connectivity index (χ0) is 17.6. The highest BCUT2D eigenvalue weighted by Crippen LogP contribution is 2.32. The number of hydrogen-bond acceptors (Lipinski definition) is 5. The van der Waals surface area contributed by atoms with Crippen LogP contribution >= 0.6 is 11.6 Å². The van der Waals surface area contributed by atoms with E-state index in [1.165, 1.54) is 13.2 Å². The standard InChI is InChI=1S/C14H22ClN3O4S/c1-17(2)8-7-16-14(19)10-18(23(4,20)21)12-9-11(15)5-6-13(12)22-3/h5-6,9H,7-8,10H2,1-4H3,(H,16,19). The molecule has 130 valence electrons. The first-order chi connectivity index (χ1) is 10.6. The van der Waals surface area contributed by atoms with Crippen LogP contribution < -0.4 is 14.4 Å². The van der Waals surface area contributed by atoms with Gasteiger partial charge in [0.2, 0.25) is 15.9 Å². The average Bonchev–Trinajstić information content (AvgIpc) is 2.43. The van der Waals surface area contributed by atoms with E-state index in [9.17, 15) is 13.2 Å². The molecule has 0 atom stereocenters. The number of sulfonamides is 1. The highest BCUT2D eigenvalue weighted by atomic mass is 35.5. The Morgan fingerprint density at radius 1 is 1.35 bits per heavy atom. The van der Waals surface area contributed by atoms with Gasteiger partial charge in [-0.05, 0) is 32.3 Å². The first-order valence-corrected chi connectivity index (χ1v) is 9.10. The van der Waals surface area contributed by atoms with E-state index >= 15 is 0 Å². The lowest BCUT2D eigenvalue weighted by Crippen LogP contribution is -2.42. The number of rotatable bonds is 8. The predicted molar refractivity (Wildman–Crippen MR) is 91.8 cm³/mol. The first-order valence-electron chi connectivity index (χ1n) is 6.88. The molecule has 0 aliphatic heterocycles. The lowest BCUT2D eigenvalue weighted by Gasteiger charge is -2.24. The average molecular weight is 364 g/mol. The van der Waals surface area contributed by atoms with Crippen LogP contribution in [0.25, 0.3) is 0 Å². The van der Waals surface area contributed by atoms with Crippen LogP contribution in [0, 0.1) is 0 Å². The molecule has 1 aromatic carbocycles. The van der Waals surface area contributed by atoms with Gasteiger partial charge in [-0.3, -0.25) is 9.10 Å². The Balaban J connectivity index is 2.99. The van der Waals surface area contributed by atoms with Crippen molar-refractivity contribution in [1.82, 2.24) is 10.2 Å². The van der Waals surface area contributed by atoms with Crippen LogP contribution in [0.5, 0.6) is 5.75 Å². The van der Waals surface area contributed by atoms with Gasteiger partial charge in [-0.25, -0.2) is 8.42 Å². The SMILES string of the molecule is COc1ccc(Cl)cc1N(CC(=O)NCCN(C)C)S(C)(=O)=O. The molecule has 0 heterocycles. The number of likely N-dealkylation sites (N-methyl/N-ethyl adjacent to an activating group) is 1. The molecule has 1 aromatic rings. The third-order valence-electron chi connectivity index (χ3n) is 2.98. The first kappa shape index (κ1) is 19.5. The Kier molecular flexibility index (Phi) is 7.11. The zero-order valence-electron chi connectivity index (χ0n) is 13.7. The van der Waals surface area contributed by atoms with Gasteiger partial charge < -0.3 is 15.0 Å². The smallest absolute Gasteiger partial charge is 0.240 e. The quantitative estimate of drug-likeness (QED) is 0.738. The fourth-order valence-corrected chi connectivity index (χ4v) is 2.86. The molecular formula is C14H22ClN3O4S. The maximum Gasteiger partial charge on any atom is 0.240 e. The summed E-state index contributed by atoms with van der Waals surface area (Å²) in [5.41, 5.74) is 0.227. The number of ether oxygens (including phenoxy) is 1. The highest BCUT2D eigenvalue weighted by molar-refractivity contribution is 7.92. The van der Waals surface area contributed by atoms with Crippen molar-refractivity contribution in [3.05, 3.63) is 23.2 Å². The fraction of sp³-hybridized carbons (Fsp3) is 0.500. The number of amides is 1. The van der Waals surface area contributed by atoms with Gasteiger partial charge in [0, 0.05) is 18.1 Å². The van der Waals surface area contributed by atoms with Crippen molar-refractivity contribution in [2.75, 3.05) is 51.4 Å². The van der Waals surface area contributed by atoms with E-state index in [0.717, 1.165) is 10.6 Å². The monoisotopic (exact) mass is 363 g/mol. The Morgan fingerprint density at radius 2 is 2.00 bits per heavy atom. The molecule has 9 heteroatoms. The number of carbonyl (C=O) groups is 1. The molecule has 0 aromatic heterocycles. The second-order valence-electron chi connectivity index (χ2n) is 5.24. The zero-order valence-corrected chi connectivity index (χ0v) is 15.2. The third kappa shape index (κ3) is 6.25. The van der Waals surface area contributed by atoms with E-state index in [-0.39, 0.29) is 12.2 Å². The Morgan fingerprint density at radius 3 is 2.52 bits per heavy atom. The van der Waals surface area contributed by atoms with E-state index in [0.29, 0.717) is 23.9 Å². The van der Waals surface area contributed by atoms with E-state index in [4.69, 9.17) is 16.3 Å². The summed E-state index contributed by atoms with van der Waals surface area (Å²) in [6.45, 7) is 0.740. The van der Waals surface area contributed by atoms with Gasteiger partial charge in [0.05, 0.1) is 19.1 Å². The van der Waals surface area contributed by atoms with Gasteiger partial charge in [0.15, 0.2) is 0 Å². The van der Waals surface area contributed by atoms with Gasteiger partial charge >= 0.3 is 0 Å². The molecule has 0 saturated carbocycles. The Hall–Kier alpha value is -1.51. The molecule has 0 radical (unpaired) electrons. The van der Waals surface area contributed by atoms with Gasteiger partial charge in [-0.15, -0.1) is 0 Å². The van der Waals surface area contributed by atoms with Gasteiger partial charge in [0.25, 0.3) is 0 Å². The van der Waals surface area contributed by atoms with Crippen LogP contribution in [0.1, 0.15) is 0 Å². The van der Waals surface area contributed by atoms with Gasteiger partial charge in [-0.1, -0.05) is 11.6 Å². The van der Waals surface area contributed by atoms with Crippen LogP contribution in [-0.4, -0.2) is 66.3 Å². The minimum atomic E-state index is -3.68. The largest absolute Gasteiger partial charge is 0.495 e. The van der Waals surface area contributed by atoms with Crippen molar-refractivity contribution in [1.29, 1.82) is 0 Å². The molecular weight excluding hydrogens is 342 g/mol. The number of halogens is 1. The minimum Gasteiger partial charge on any atom is -0.495 e. The molecule has 0 aliphatic rings. The molecule has 0 saturated heterocycles. The van der Waals surface area contributed by atoms with E-state index < -0.39 is 15.9 Å². The number of nitrogens with one attached hydrogen (secondary N) is 1. The van der Waals surface area contributed by atoms with Crippen molar-refractivity contribution in [2.24, 2.45) is 0 Å². The number of methoxy groups -OCH3 is 1. The van der Waals surface area contributed by atoms with Crippen molar-refractivity contribution in [2.45, 2.75) is 0 Å². The summed E-state index contributed by atoms with van der Waals surface area (Å²) in [7, 11) is 1.50. The molecule has 0 bridgehead atoms. The van der Waals surface area contributed by atoms with Crippen LogP contribution in [0.3, 0.4) is 0 Å². The Labute approximate surface area is 142 Å². The maximum atomic E-state index is 12.1. The number of hydrogen-bond donors (Lipinski definition) is 1. The lowest BCUT2D eigenvalue weighted by molar-refractivity contribution is -0.119. The van der Waals surface area contributed by atoms with Crippen molar-refractivity contribution in [3.63, 3.8) is 0 Å². The molecule has 0 fully saturated rings. The molecule has 7 nitrogen and oxygen atoms in total. The second kappa shape index (κ2) is 8.37. The number of carbonyl (C=O) groups excluding carboxylic acids is 1. The van der Waals surface area contributed by atoms with Crippen LogP contribution in [-0.2, 0) is 14.8 Å². The van der Waals surface area contributed by atoms with Crippen molar-refractivity contribution >= 4 is 33.2 Å². The number of anilines is 1. The van der Waals surface area contributed by atoms with Gasteiger partial charge in [-0.2, -0.15) is 0 Å². The summed E-state index contributed by atoms with van der Waals surface area (Å²) in [4.78, 5) is 13.9. The summed E-state index contributed by atoms with van der Waals surface area (Å²) in [5.74, 6) is -0.0831. The molecule has 0 spiro atoms. The van der Waals surface area contributed by atoms with E-state index in [2.05, 4.69) is 5.32 Å². The second-order valence-corrected chi connectivity index (χ2v) is 7.58.